The first-order valence-electron chi connectivity index (χ1n) is 4.66. The fourth-order valence-corrected chi connectivity index (χ4v) is 1.38. The summed E-state index contributed by atoms with van der Waals surface area (Å²) < 4.78 is 12.7. The molecule has 0 N–H and O–H groups in total. The second-order valence-corrected chi connectivity index (χ2v) is 3.14. The zero-order valence-electron chi connectivity index (χ0n) is 7.56. The predicted molar refractivity (Wildman–Crippen MR) is 46.9 cm³/mol. The molecule has 0 spiro atoms. The van der Waals surface area contributed by atoms with Crippen molar-refractivity contribution in [3.63, 3.8) is 0 Å². The van der Waals surface area contributed by atoms with Crippen LogP contribution in [0.3, 0.4) is 0 Å². The highest BCUT2D eigenvalue weighted by atomic mass is 16.7. The van der Waals surface area contributed by atoms with E-state index >= 15 is 0 Å². The minimum atomic E-state index is -0.0297. The van der Waals surface area contributed by atoms with Gasteiger partial charge in [0, 0.05) is 19.0 Å². The third-order valence-electron chi connectivity index (χ3n) is 2.09. The molecule has 1 atom stereocenters. The summed E-state index contributed by atoms with van der Waals surface area (Å²) in [6.07, 6.45) is 6.94. The van der Waals surface area contributed by atoms with Crippen LogP contribution in [-0.2, 0) is 16.2 Å². The standard InChI is InChI=1S/C9H14N2O2/c1-2-7-12-9(4-1)13-8-11-6-3-5-10-11/h3,5-6,9H,1-2,4,7-8H2. The Morgan fingerprint density at radius 2 is 2.54 bits per heavy atom. The number of nitrogens with zero attached hydrogens (tertiary/aromatic N) is 2. The Labute approximate surface area is 77.4 Å². The van der Waals surface area contributed by atoms with Crippen LogP contribution in [0.15, 0.2) is 18.5 Å². The second kappa shape index (κ2) is 4.39. The van der Waals surface area contributed by atoms with E-state index in [9.17, 15) is 0 Å². The van der Waals surface area contributed by atoms with Crippen molar-refractivity contribution in [3.8, 4) is 0 Å². The van der Waals surface area contributed by atoms with Gasteiger partial charge in [-0.3, -0.25) is 0 Å². The van der Waals surface area contributed by atoms with Crippen molar-refractivity contribution in [2.75, 3.05) is 6.61 Å². The number of hydrogen-bond donors (Lipinski definition) is 0. The second-order valence-electron chi connectivity index (χ2n) is 3.14. The van der Waals surface area contributed by atoms with Gasteiger partial charge in [0.2, 0.25) is 0 Å². The molecule has 1 aliphatic heterocycles. The molecule has 0 aromatic carbocycles. The van der Waals surface area contributed by atoms with E-state index in [4.69, 9.17) is 9.47 Å². The van der Waals surface area contributed by atoms with E-state index in [0.717, 1.165) is 19.4 Å². The van der Waals surface area contributed by atoms with Crippen LogP contribution < -0.4 is 0 Å². The van der Waals surface area contributed by atoms with Gasteiger partial charge in [-0.05, 0) is 25.3 Å². The summed E-state index contributed by atoms with van der Waals surface area (Å²) in [5.41, 5.74) is 0. The van der Waals surface area contributed by atoms with Gasteiger partial charge in [0.15, 0.2) is 6.29 Å². The van der Waals surface area contributed by atoms with Crippen molar-refractivity contribution in [1.29, 1.82) is 0 Å². The highest BCUT2D eigenvalue weighted by Gasteiger charge is 2.13. The van der Waals surface area contributed by atoms with E-state index in [2.05, 4.69) is 5.10 Å². The number of ether oxygens (including phenoxy) is 2. The van der Waals surface area contributed by atoms with Crippen molar-refractivity contribution < 1.29 is 9.47 Å². The van der Waals surface area contributed by atoms with Gasteiger partial charge in [-0.25, -0.2) is 4.68 Å². The normalized spacial score (nSPS) is 23.2. The third kappa shape index (κ3) is 2.54. The van der Waals surface area contributed by atoms with Crippen molar-refractivity contribution in [2.45, 2.75) is 32.3 Å². The molecule has 1 saturated heterocycles. The average molecular weight is 182 g/mol. The minimum Gasteiger partial charge on any atom is -0.353 e. The smallest absolute Gasteiger partial charge is 0.159 e. The molecule has 4 nitrogen and oxygen atoms in total. The summed E-state index contributed by atoms with van der Waals surface area (Å²) in [5.74, 6) is 0. The maximum absolute atomic E-state index is 5.51. The van der Waals surface area contributed by atoms with Gasteiger partial charge < -0.3 is 9.47 Å². The van der Waals surface area contributed by atoms with E-state index in [1.807, 2.05) is 12.3 Å². The first-order chi connectivity index (χ1) is 6.45. The third-order valence-corrected chi connectivity index (χ3v) is 2.09. The largest absolute Gasteiger partial charge is 0.353 e. The molecule has 72 valence electrons. The first-order valence-corrected chi connectivity index (χ1v) is 4.66. The van der Waals surface area contributed by atoms with Crippen LogP contribution >= 0.6 is 0 Å². The predicted octanol–water partition coefficient (Wildman–Crippen LogP) is 1.38. The maximum atomic E-state index is 5.51. The summed E-state index contributed by atoms with van der Waals surface area (Å²) >= 11 is 0. The molecule has 2 heterocycles. The first kappa shape index (κ1) is 8.72. The molecular formula is C9H14N2O2. The molecule has 13 heavy (non-hydrogen) atoms. The van der Waals surface area contributed by atoms with Gasteiger partial charge in [0.1, 0.15) is 6.73 Å². The Hall–Kier alpha value is -0.870. The Morgan fingerprint density at radius 3 is 3.23 bits per heavy atom. The Bertz CT molecular complexity index is 230. The number of rotatable bonds is 3. The van der Waals surface area contributed by atoms with Gasteiger partial charge in [0.05, 0.1) is 0 Å². The molecule has 1 aromatic rings. The number of hydrogen-bond acceptors (Lipinski definition) is 3. The van der Waals surface area contributed by atoms with E-state index < -0.39 is 0 Å². The van der Waals surface area contributed by atoms with E-state index in [1.54, 1.807) is 10.9 Å². The lowest BCUT2D eigenvalue weighted by Crippen LogP contribution is -2.23. The molecule has 2 rings (SSSR count). The molecule has 0 aliphatic carbocycles. The monoisotopic (exact) mass is 182 g/mol. The van der Waals surface area contributed by atoms with Crippen LogP contribution in [-0.4, -0.2) is 22.7 Å². The van der Waals surface area contributed by atoms with Crippen LogP contribution in [0.25, 0.3) is 0 Å². The van der Waals surface area contributed by atoms with Crippen molar-refractivity contribution >= 4 is 0 Å². The molecule has 0 saturated carbocycles. The molecular weight excluding hydrogens is 168 g/mol. The molecule has 1 aliphatic rings. The summed E-state index contributed by atoms with van der Waals surface area (Å²) in [7, 11) is 0. The lowest BCUT2D eigenvalue weighted by atomic mass is 10.2. The SMILES string of the molecule is c1cnn(COC2CCCCO2)c1. The van der Waals surface area contributed by atoms with Gasteiger partial charge in [-0.2, -0.15) is 5.10 Å². The fraction of sp³-hybridized carbons (Fsp3) is 0.667. The molecule has 1 aromatic heterocycles. The molecule has 0 radical (unpaired) electrons. The Kier molecular flexibility index (Phi) is 2.94. The van der Waals surface area contributed by atoms with E-state index in [-0.39, 0.29) is 6.29 Å². The molecule has 0 bridgehead atoms. The Morgan fingerprint density at radius 1 is 1.54 bits per heavy atom. The zero-order valence-corrected chi connectivity index (χ0v) is 7.56. The zero-order chi connectivity index (χ0) is 8.93. The van der Waals surface area contributed by atoms with Crippen LogP contribution in [0.5, 0.6) is 0 Å². The van der Waals surface area contributed by atoms with Gasteiger partial charge in [-0.1, -0.05) is 0 Å². The maximum Gasteiger partial charge on any atom is 0.159 e. The van der Waals surface area contributed by atoms with Gasteiger partial charge >= 0.3 is 0 Å². The van der Waals surface area contributed by atoms with E-state index in [0.29, 0.717) is 6.73 Å². The number of aromatic nitrogens is 2. The molecule has 0 amide bonds. The van der Waals surface area contributed by atoms with Crippen molar-refractivity contribution in [1.82, 2.24) is 9.78 Å². The van der Waals surface area contributed by atoms with Crippen LogP contribution in [0.2, 0.25) is 0 Å². The quantitative estimate of drug-likeness (QED) is 0.708. The topological polar surface area (TPSA) is 36.3 Å². The highest BCUT2D eigenvalue weighted by molar-refractivity contribution is 4.76. The molecule has 1 fully saturated rings. The summed E-state index contributed by atoms with van der Waals surface area (Å²) in [5, 5.41) is 4.04. The van der Waals surface area contributed by atoms with Crippen LogP contribution in [0.4, 0.5) is 0 Å². The lowest BCUT2D eigenvalue weighted by Gasteiger charge is -2.22. The van der Waals surface area contributed by atoms with Crippen LogP contribution in [0, 0.1) is 0 Å². The molecule has 1 unspecified atom stereocenters. The summed E-state index contributed by atoms with van der Waals surface area (Å²) in [6, 6.07) is 1.88. The van der Waals surface area contributed by atoms with Crippen molar-refractivity contribution in [3.05, 3.63) is 18.5 Å². The molecule has 4 heteroatoms. The van der Waals surface area contributed by atoms with Gasteiger partial charge in [0.25, 0.3) is 0 Å². The average Bonchev–Trinajstić information content (AvgIpc) is 2.69. The fourth-order valence-electron chi connectivity index (χ4n) is 1.38. The summed E-state index contributed by atoms with van der Waals surface area (Å²) in [6.45, 7) is 1.31. The van der Waals surface area contributed by atoms with Gasteiger partial charge in [-0.15, -0.1) is 0 Å². The van der Waals surface area contributed by atoms with Crippen LogP contribution in [0.1, 0.15) is 19.3 Å². The Balaban J connectivity index is 1.72. The highest BCUT2D eigenvalue weighted by Crippen LogP contribution is 2.13. The lowest BCUT2D eigenvalue weighted by molar-refractivity contribution is -0.182. The summed E-state index contributed by atoms with van der Waals surface area (Å²) in [4.78, 5) is 0. The van der Waals surface area contributed by atoms with E-state index in [1.165, 1.54) is 6.42 Å². The van der Waals surface area contributed by atoms with Crippen molar-refractivity contribution in [2.24, 2.45) is 0 Å². The minimum absolute atomic E-state index is 0.0297.